The third kappa shape index (κ3) is 4.07. The monoisotopic (exact) mass is 313 g/mol. The molecule has 4 N–H and O–H groups in total. The molecule has 0 aliphatic carbocycles. The Labute approximate surface area is 135 Å². The normalized spacial score (nSPS) is 11.3. The molecule has 0 radical (unpaired) electrons. The van der Waals surface area contributed by atoms with Crippen LogP contribution in [-0.2, 0) is 0 Å². The molecule has 0 spiro atoms. The Balaban J connectivity index is 2.15. The van der Waals surface area contributed by atoms with Crippen molar-refractivity contribution in [2.75, 3.05) is 6.54 Å². The van der Waals surface area contributed by atoms with Gasteiger partial charge < -0.3 is 16.0 Å². The van der Waals surface area contributed by atoms with Crippen molar-refractivity contribution in [2.24, 2.45) is 5.73 Å². The second kappa shape index (κ2) is 7.24. The molecule has 0 aliphatic heterocycles. The van der Waals surface area contributed by atoms with Crippen molar-refractivity contribution in [3.63, 3.8) is 0 Å². The second-order valence-electron chi connectivity index (χ2n) is 5.73. The molecule has 122 valence electrons. The molecule has 23 heavy (non-hydrogen) atoms. The van der Waals surface area contributed by atoms with Crippen LogP contribution in [0.15, 0.2) is 47.3 Å². The van der Waals surface area contributed by atoms with Gasteiger partial charge in [-0.05, 0) is 30.5 Å². The molecule has 5 heteroatoms. The number of pyridine rings is 1. The Morgan fingerprint density at radius 1 is 1.13 bits per heavy atom. The van der Waals surface area contributed by atoms with Crippen molar-refractivity contribution >= 4 is 5.91 Å². The predicted molar refractivity (Wildman–Crippen MR) is 92.3 cm³/mol. The highest BCUT2D eigenvalue weighted by Gasteiger charge is 2.22. The molecular weight excluding hydrogens is 290 g/mol. The highest BCUT2D eigenvalue weighted by molar-refractivity contribution is 5.94. The third-order valence-electron chi connectivity index (χ3n) is 4.25. The van der Waals surface area contributed by atoms with Gasteiger partial charge in [-0.15, -0.1) is 0 Å². The van der Waals surface area contributed by atoms with Crippen LogP contribution in [0.5, 0.6) is 0 Å². The van der Waals surface area contributed by atoms with E-state index in [1.54, 1.807) is 12.1 Å². The molecule has 1 aromatic heterocycles. The van der Waals surface area contributed by atoms with E-state index in [1.807, 2.05) is 44.2 Å². The molecular formula is C18H23N3O2. The number of hydrogen-bond acceptors (Lipinski definition) is 3. The van der Waals surface area contributed by atoms with E-state index >= 15 is 0 Å². The Bertz CT molecular complexity index is 719. The number of nitrogens with one attached hydrogen (secondary N) is 2. The van der Waals surface area contributed by atoms with E-state index in [-0.39, 0.29) is 5.56 Å². The summed E-state index contributed by atoms with van der Waals surface area (Å²) in [4.78, 5) is 27.1. The lowest BCUT2D eigenvalue weighted by Gasteiger charge is -2.26. The standard InChI is InChI=1S/C18H23N3O2/c1-3-18(19,4-2)12-20-16(22)14-10-11-15(21-17(14)23)13-8-6-5-7-9-13/h5-11H,3-4,12,19H2,1-2H3,(H,20,22)(H,21,23). The molecule has 0 aliphatic rings. The Morgan fingerprint density at radius 3 is 2.35 bits per heavy atom. The van der Waals surface area contributed by atoms with E-state index in [9.17, 15) is 9.59 Å². The topological polar surface area (TPSA) is 88.0 Å². The van der Waals surface area contributed by atoms with Crippen LogP contribution in [0.1, 0.15) is 37.0 Å². The molecule has 2 aromatic rings. The summed E-state index contributed by atoms with van der Waals surface area (Å²) >= 11 is 0. The van der Waals surface area contributed by atoms with E-state index in [1.165, 1.54) is 0 Å². The van der Waals surface area contributed by atoms with Crippen LogP contribution >= 0.6 is 0 Å². The van der Waals surface area contributed by atoms with E-state index in [4.69, 9.17) is 5.73 Å². The van der Waals surface area contributed by atoms with Gasteiger partial charge in [-0.1, -0.05) is 44.2 Å². The molecule has 1 aromatic carbocycles. The maximum atomic E-state index is 12.2. The van der Waals surface area contributed by atoms with Gasteiger partial charge in [-0.3, -0.25) is 9.59 Å². The average molecular weight is 313 g/mol. The summed E-state index contributed by atoms with van der Waals surface area (Å²) in [6, 6.07) is 12.8. The Kier molecular flexibility index (Phi) is 5.34. The summed E-state index contributed by atoms with van der Waals surface area (Å²) in [7, 11) is 0. The van der Waals surface area contributed by atoms with Crippen molar-refractivity contribution in [1.29, 1.82) is 0 Å². The summed E-state index contributed by atoms with van der Waals surface area (Å²) in [5.74, 6) is -0.400. The maximum Gasteiger partial charge on any atom is 0.261 e. The number of aromatic amines is 1. The lowest BCUT2D eigenvalue weighted by Crippen LogP contribution is -2.49. The first-order valence-corrected chi connectivity index (χ1v) is 7.85. The maximum absolute atomic E-state index is 12.2. The van der Waals surface area contributed by atoms with Gasteiger partial charge in [0.1, 0.15) is 5.56 Å². The fourth-order valence-electron chi connectivity index (χ4n) is 2.29. The Morgan fingerprint density at radius 2 is 1.78 bits per heavy atom. The van der Waals surface area contributed by atoms with Crippen LogP contribution in [0.4, 0.5) is 0 Å². The highest BCUT2D eigenvalue weighted by Crippen LogP contribution is 2.15. The SMILES string of the molecule is CCC(N)(CC)CNC(=O)c1ccc(-c2ccccc2)[nH]c1=O. The van der Waals surface area contributed by atoms with Crippen LogP contribution in [0.25, 0.3) is 11.3 Å². The first kappa shape index (κ1) is 17.0. The van der Waals surface area contributed by atoms with E-state index in [0.717, 1.165) is 18.4 Å². The Hall–Kier alpha value is -2.40. The van der Waals surface area contributed by atoms with Crippen LogP contribution in [0.3, 0.4) is 0 Å². The zero-order chi connectivity index (χ0) is 16.9. The van der Waals surface area contributed by atoms with E-state index in [0.29, 0.717) is 12.2 Å². The van der Waals surface area contributed by atoms with Gasteiger partial charge >= 0.3 is 0 Å². The number of carbonyl (C=O) groups is 1. The lowest BCUT2D eigenvalue weighted by atomic mass is 9.94. The van der Waals surface area contributed by atoms with Gasteiger partial charge in [0.15, 0.2) is 0 Å². The number of rotatable bonds is 6. The van der Waals surface area contributed by atoms with Gasteiger partial charge in [0.05, 0.1) is 0 Å². The number of nitrogens with two attached hydrogens (primary N) is 1. The molecule has 5 nitrogen and oxygen atoms in total. The van der Waals surface area contributed by atoms with E-state index < -0.39 is 17.0 Å². The molecule has 0 bridgehead atoms. The molecule has 2 rings (SSSR count). The van der Waals surface area contributed by atoms with Crippen molar-refractivity contribution in [3.05, 3.63) is 58.4 Å². The molecule has 0 fully saturated rings. The zero-order valence-corrected chi connectivity index (χ0v) is 13.6. The molecule has 0 unspecified atom stereocenters. The summed E-state index contributed by atoms with van der Waals surface area (Å²) < 4.78 is 0. The van der Waals surface area contributed by atoms with Crippen molar-refractivity contribution in [2.45, 2.75) is 32.2 Å². The third-order valence-corrected chi connectivity index (χ3v) is 4.25. The van der Waals surface area contributed by atoms with Crippen LogP contribution in [0.2, 0.25) is 0 Å². The smallest absolute Gasteiger partial charge is 0.261 e. The predicted octanol–water partition coefficient (Wildman–Crippen LogP) is 2.29. The molecule has 0 saturated carbocycles. The zero-order valence-electron chi connectivity index (χ0n) is 13.6. The summed E-state index contributed by atoms with van der Waals surface area (Å²) in [6.45, 7) is 4.31. The molecule has 1 heterocycles. The first-order valence-electron chi connectivity index (χ1n) is 7.85. The molecule has 0 atom stereocenters. The minimum absolute atomic E-state index is 0.0965. The van der Waals surface area contributed by atoms with Crippen molar-refractivity contribution < 1.29 is 4.79 Å². The second-order valence-corrected chi connectivity index (χ2v) is 5.73. The van der Waals surface area contributed by atoms with Crippen molar-refractivity contribution in [3.8, 4) is 11.3 Å². The summed E-state index contributed by atoms with van der Waals surface area (Å²) in [6.07, 6.45) is 1.51. The quantitative estimate of drug-likeness (QED) is 0.764. The first-order chi connectivity index (χ1) is 11.0. The summed E-state index contributed by atoms with van der Waals surface area (Å²) in [5.41, 5.74) is 7.00. The molecule has 1 amide bonds. The fourth-order valence-corrected chi connectivity index (χ4v) is 2.29. The number of H-pyrrole nitrogens is 1. The number of amides is 1. The van der Waals surface area contributed by atoms with Gasteiger partial charge in [0, 0.05) is 17.8 Å². The minimum atomic E-state index is -0.438. The van der Waals surface area contributed by atoms with Crippen LogP contribution in [-0.4, -0.2) is 23.0 Å². The van der Waals surface area contributed by atoms with Gasteiger partial charge in [-0.25, -0.2) is 0 Å². The van der Waals surface area contributed by atoms with E-state index in [2.05, 4.69) is 10.3 Å². The number of carbonyl (C=O) groups excluding carboxylic acids is 1. The van der Waals surface area contributed by atoms with Gasteiger partial charge in [0.25, 0.3) is 11.5 Å². The number of benzene rings is 1. The molecule has 0 saturated heterocycles. The van der Waals surface area contributed by atoms with Crippen molar-refractivity contribution in [1.82, 2.24) is 10.3 Å². The summed E-state index contributed by atoms with van der Waals surface area (Å²) in [5, 5.41) is 2.76. The van der Waals surface area contributed by atoms with Gasteiger partial charge in [-0.2, -0.15) is 0 Å². The van der Waals surface area contributed by atoms with Crippen LogP contribution < -0.4 is 16.6 Å². The minimum Gasteiger partial charge on any atom is -0.350 e. The highest BCUT2D eigenvalue weighted by atomic mass is 16.2. The number of hydrogen-bond donors (Lipinski definition) is 3. The number of aromatic nitrogens is 1. The van der Waals surface area contributed by atoms with Crippen LogP contribution in [0, 0.1) is 0 Å². The van der Waals surface area contributed by atoms with Gasteiger partial charge in [0.2, 0.25) is 0 Å². The lowest BCUT2D eigenvalue weighted by molar-refractivity contribution is 0.0940. The fraction of sp³-hybridized carbons (Fsp3) is 0.333. The average Bonchev–Trinajstić information content (AvgIpc) is 2.60. The largest absolute Gasteiger partial charge is 0.350 e.